The van der Waals surface area contributed by atoms with Crippen LogP contribution in [0.3, 0.4) is 0 Å². The average molecular weight is 571 g/mol. The molecule has 5 unspecified atom stereocenters. The molecule has 0 aromatic carbocycles. The van der Waals surface area contributed by atoms with Crippen molar-refractivity contribution in [2.45, 2.75) is 131 Å². The first-order valence-corrected chi connectivity index (χ1v) is 16.3. The predicted molar refractivity (Wildman–Crippen MR) is 158 cm³/mol. The van der Waals surface area contributed by atoms with Crippen molar-refractivity contribution in [1.29, 1.82) is 0 Å². The summed E-state index contributed by atoms with van der Waals surface area (Å²) in [6.07, 6.45) is 10.2. The smallest absolute Gasteiger partial charge is 0.309 e. The summed E-state index contributed by atoms with van der Waals surface area (Å²) in [6, 6.07) is 0. The second-order valence-electron chi connectivity index (χ2n) is 16.2. The van der Waals surface area contributed by atoms with E-state index in [0.717, 1.165) is 64.2 Å². The molecule has 230 valence electrons. The van der Waals surface area contributed by atoms with E-state index in [1.165, 1.54) is 5.57 Å². The number of esters is 1. The molecule has 5 aliphatic carbocycles. The van der Waals surface area contributed by atoms with E-state index in [-0.39, 0.29) is 52.5 Å². The minimum atomic E-state index is -0.880. The van der Waals surface area contributed by atoms with E-state index in [1.807, 2.05) is 0 Å². The summed E-state index contributed by atoms with van der Waals surface area (Å²) >= 11 is 0. The molecular formula is C35H54O6. The fourth-order valence-corrected chi connectivity index (χ4v) is 12.3. The van der Waals surface area contributed by atoms with Crippen LogP contribution in [0.15, 0.2) is 12.2 Å². The number of fused-ring (bicyclic) bond motifs is 7. The van der Waals surface area contributed by atoms with Gasteiger partial charge in [0.1, 0.15) is 6.10 Å². The SMILES string of the molecule is C=C(C)C1CC[C@]2(C(=O)O)CC[C@]3(C)C(CCC4[C@@]5(C)CC[C@H](OC(=O)CCCC(=O)O)C(C)(C)C5CC[C@]43C)C12. The molecule has 2 N–H and O–H groups in total. The third kappa shape index (κ3) is 4.34. The summed E-state index contributed by atoms with van der Waals surface area (Å²) in [5, 5.41) is 19.5. The standard InChI is InChI=1S/C35H54O6/c1-21(2)22-13-18-35(30(39)40)20-19-33(6)23(29(22)35)11-12-25-32(5)16-15-26(41-28(38)10-8-9-27(36)37)31(3,4)24(32)14-17-34(25,33)7/h22-26,29H,1,8-20H2,2-7H3,(H,36,37)(H,39,40)/t22?,23?,24?,25?,26-,29?,32-,33+,34+,35-/m0/s1. The fourth-order valence-electron chi connectivity index (χ4n) is 12.3. The highest BCUT2D eigenvalue weighted by molar-refractivity contribution is 5.76. The molecule has 0 radical (unpaired) electrons. The van der Waals surface area contributed by atoms with Gasteiger partial charge in [0.05, 0.1) is 5.41 Å². The van der Waals surface area contributed by atoms with Crippen molar-refractivity contribution in [3.8, 4) is 0 Å². The van der Waals surface area contributed by atoms with Gasteiger partial charge < -0.3 is 14.9 Å². The average Bonchev–Trinajstić information content (AvgIpc) is 3.27. The van der Waals surface area contributed by atoms with Gasteiger partial charge in [0.25, 0.3) is 0 Å². The largest absolute Gasteiger partial charge is 0.481 e. The predicted octanol–water partition coefficient (Wildman–Crippen LogP) is 7.90. The Morgan fingerprint density at radius 1 is 0.805 bits per heavy atom. The molecule has 5 aliphatic rings. The van der Waals surface area contributed by atoms with Gasteiger partial charge in [-0.1, -0.05) is 46.8 Å². The van der Waals surface area contributed by atoms with Crippen LogP contribution in [0.2, 0.25) is 0 Å². The van der Waals surface area contributed by atoms with Gasteiger partial charge in [0, 0.05) is 18.3 Å². The highest BCUT2D eigenvalue weighted by atomic mass is 16.5. The molecule has 0 spiro atoms. The summed E-state index contributed by atoms with van der Waals surface area (Å²) in [4.78, 5) is 36.4. The Bertz CT molecular complexity index is 1110. The molecule has 0 heterocycles. The molecule has 10 atom stereocenters. The molecule has 5 rings (SSSR count). The van der Waals surface area contributed by atoms with Crippen molar-refractivity contribution in [3.05, 3.63) is 12.2 Å². The Morgan fingerprint density at radius 3 is 2.15 bits per heavy atom. The van der Waals surface area contributed by atoms with Crippen molar-refractivity contribution in [1.82, 2.24) is 0 Å². The number of ether oxygens (including phenoxy) is 1. The lowest BCUT2D eigenvalue weighted by atomic mass is 9.32. The highest BCUT2D eigenvalue weighted by Gasteiger charge is 2.72. The Labute approximate surface area is 247 Å². The van der Waals surface area contributed by atoms with Crippen molar-refractivity contribution < 1.29 is 29.3 Å². The van der Waals surface area contributed by atoms with Crippen LogP contribution in [0.25, 0.3) is 0 Å². The van der Waals surface area contributed by atoms with Gasteiger partial charge in [0.2, 0.25) is 0 Å². The third-order valence-corrected chi connectivity index (χ3v) is 14.5. The maximum atomic E-state index is 12.9. The van der Waals surface area contributed by atoms with Gasteiger partial charge in [-0.25, -0.2) is 0 Å². The lowest BCUT2D eigenvalue weighted by Gasteiger charge is -2.72. The van der Waals surface area contributed by atoms with Crippen molar-refractivity contribution >= 4 is 17.9 Å². The van der Waals surface area contributed by atoms with Crippen molar-refractivity contribution in [2.24, 2.45) is 56.7 Å². The number of carbonyl (C=O) groups excluding carboxylic acids is 1. The van der Waals surface area contributed by atoms with E-state index in [1.54, 1.807) is 0 Å². The quantitative estimate of drug-likeness (QED) is 0.238. The zero-order chi connectivity index (χ0) is 30.2. The number of carboxylic acids is 2. The highest BCUT2D eigenvalue weighted by Crippen LogP contribution is 2.77. The van der Waals surface area contributed by atoms with Crippen LogP contribution >= 0.6 is 0 Å². The molecule has 41 heavy (non-hydrogen) atoms. The molecule has 0 aromatic rings. The molecular weight excluding hydrogens is 516 g/mol. The third-order valence-electron chi connectivity index (χ3n) is 14.5. The number of hydrogen-bond acceptors (Lipinski definition) is 4. The summed E-state index contributed by atoms with van der Waals surface area (Å²) in [5.41, 5.74) is 0.806. The molecule has 5 saturated carbocycles. The number of aliphatic carboxylic acids is 2. The second-order valence-corrected chi connectivity index (χ2v) is 16.2. The first kappa shape index (κ1) is 30.6. The fraction of sp³-hybridized carbons (Fsp3) is 0.857. The Hall–Kier alpha value is -1.85. The first-order chi connectivity index (χ1) is 19.0. The van der Waals surface area contributed by atoms with Gasteiger partial charge >= 0.3 is 17.9 Å². The summed E-state index contributed by atoms with van der Waals surface area (Å²) in [6.45, 7) is 18.7. The van der Waals surface area contributed by atoms with Crippen LogP contribution in [0.1, 0.15) is 125 Å². The van der Waals surface area contributed by atoms with Crippen molar-refractivity contribution in [3.63, 3.8) is 0 Å². The van der Waals surface area contributed by atoms with E-state index in [0.29, 0.717) is 30.1 Å². The van der Waals surface area contributed by atoms with Gasteiger partial charge in [-0.2, -0.15) is 0 Å². The summed E-state index contributed by atoms with van der Waals surface area (Å²) < 4.78 is 6.07. The lowest BCUT2D eigenvalue weighted by Crippen LogP contribution is -2.67. The molecule has 6 nitrogen and oxygen atoms in total. The molecule has 5 fully saturated rings. The Morgan fingerprint density at radius 2 is 1.51 bits per heavy atom. The number of allylic oxidation sites excluding steroid dienone is 1. The number of rotatable bonds is 7. The normalized spacial score (nSPS) is 46.3. The van der Waals surface area contributed by atoms with E-state index < -0.39 is 17.4 Å². The second kappa shape index (κ2) is 10.1. The van der Waals surface area contributed by atoms with E-state index in [9.17, 15) is 19.5 Å². The molecule has 0 aliphatic heterocycles. The molecule has 0 saturated heterocycles. The first-order valence-electron chi connectivity index (χ1n) is 16.3. The van der Waals surface area contributed by atoms with Gasteiger partial charge in [-0.15, -0.1) is 0 Å². The Balaban J connectivity index is 1.40. The Kier molecular flexibility index (Phi) is 7.55. The van der Waals surface area contributed by atoms with Crippen LogP contribution < -0.4 is 0 Å². The maximum absolute atomic E-state index is 12.9. The van der Waals surface area contributed by atoms with E-state index in [4.69, 9.17) is 9.84 Å². The van der Waals surface area contributed by atoms with Crippen LogP contribution in [-0.2, 0) is 19.1 Å². The minimum Gasteiger partial charge on any atom is -0.481 e. The van der Waals surface area contributed by atoms with Crippen molar-refractivity contribution in [2.75, 3.05) is 0 Å². The lowest BCUT2D eigenvalue weighted by molar-refractivity contribution is -0.250. The molecule has 0 amide bonds. The van der Waals surface area contributed by atoms with Gasteiger partial charge in [0.15, 0.2) is 0 Å². The number of carbonyl (C=O) groups is 3. The number of hydrogen-bond donors (Lipinski definition) is 2. The maximum Gasteiger partial charge on any atom is 0.309 e. The van der Waals surface area contributed by atoms with Crippen LogP contribution in [0, 0.1) is 56.7 Å². The topological polar surface area (TPSA) is 101 Å². The van der Waals surface area contributed by atoms with Gasteiger partial charge in [-0.05, 0) is 123 Å². The zero-order valence-electron chi connectivity index (χ0n) is 26.4. The van der Waals surface area contributed by atoms with Crippen LogP contribution in [0.4, 0.5) is 0 Å². The van der Waals surface area contributed by atoms with E-state index >= 15 is 0 Å². The number of carboxylic acid groups (broad SMARTS) is 2. The summed E-state index contributed by atoms with van der Waals surface area (Å²) in [5.74, 6) is 0.181. The minimum absolute atomic E-state index is 0.00850. The monoisotopic (exact) mass is 570 g/mol. The molecule has 6 heteroatoms. The van der Waals surface area contributed by atoms with Crippen LogP contribution in [0.5, 0.6) is 0 Å². The molecule has 0 bridgehead atoms. The summed E-state index contributed by atoms with van der Waals surface area (Å²) in [7, 11) is 0. The van der Waals surface area contributed by atoms with Gasteiger partial charge in [-0.3, -0.25) is 14.4 Å². The van der Waals surface area contributed by atoms with Crippen LogP contribution in [-0.4, -0.2) is 34.2 Å². The van der Waals surface area contributed by atoms with E-state index in [2.05, 4.69) is 48.1 Å². The molecule has 0 aromatic heterocycles. The zero-order valence-corrected chi connectivity index (χ0v) is 26.4.